The Morgan fingerprint density at radius 3 is 2.57 bits per heavy atom. The van der Waals surface area contributed by atoms with Gasteiger partial charge in [0.2, 0.25) is 5.91 Å². The Labute approximate surface area is 128 Å². The van der Waals surface area contributed by atoms with Crippen LogP contribution in [0.1, 0.15) is 25.8 Å². The van der Waals surface area contributed by atoms with Gasteiger partial charge in [-0.15, -0.1) is 0 Å². The van der Waals surface area contributed by atoms with Crippen molar-refractivity contribution in [2.24, 2.45) is 0 Å². The number of amides is 1. The number of hydrogen-bond donors (Lipinski definition) is 1. The van der Waals surface area contributed by atoms with Crippen LogP contribution in [0.15, 0.2) is 30.3 Å². The number of rotatable bonds is 9. The van der Waals surface area contributed by atoms with Gasteiger partial charge in [-0.3, -0.25) is 9.69 Å². The number of carbonyl (C=O) groups excluding carboxylic acids is 1. The SMILES string of the molecule is COCCCN(C)CC(=O)NCC(C)(C)c1ccccc1. The maximum absolute atomic E-state index is 12.0. The van der Waals surface area contributed by atoms with Crippen molar-refractivity contribution in [3.63, 3.8) is 0 Å². The van der Waals surface area contributed by atoms with Crippen molar-refractivity contribution in [1.82, 2.24) is 10.2 Å². The minimum atomic E-state index is -0.0639. The zero-order valence-corrected chi connectivity index (χ0v) is 13.7. The first kappa shape index (κ1) is 17.7. The first-order valence-corrected chi connectivity index (χ1v) is 7.45. The zero-order chi connectivity index (χ0) is 15.7. The molecule has 118 valence electrons. The fourth-order valence-corrected chi connectivity index (χ4v) is 2.17. The van der Waals surface area contributed by atoms with Gasteiger partial charge in [0, 0.05) is 32.2 Å². The Kier molecular flexibility index (Phi) is 7.40. The number of ether oxygens (including phenoxy) is 1. The molecular formula is C17H28N2O2. The highest BCUT2D eigenvalue weighted by atomic mass is 16.5. The molecule has 4 heteroatoms. The van der Waals surface area contributed by atoms with E-state index in [9.17, 15) is 4.79 Å². The van der Waals surface area contributed by atoms with Crippen molar-refractivity contribution >= 4 is 5.91 Å². The highest BCUT2D eigenvalue weighted by Gasteiger charge is 2.21. The molecule has 4 nitrogen and oxygen atoms in total. The summed E-state index contributed by atoms with van der Waals surface area (Å²) in [4.78, 5) is 14.0. The summed E-state index contributed by atoms with van der Waals surface area (Å²) in [5, 5.41) is 3.03. The maximum Gasteiger partial charge on any atom is 0.234 e. The lowest BCUT2D eigenvalue weighted by Crippen LogP contribution is -2.41. The summed E-state index contributed by atoms with van der Waals surface area (Å²) < 4.78 is 5.01. The van der Waals surface area contributed by atoms with E-state index in [2.05, 4.69) is 31.3 Å². The van der Waals surface area contributed by atoms with E-state index >= 15 is 0 Å². The largest absolute Gasteiger partial charge is 0.385 e. The summed E-state index contributed by atoms with van der Waals surface area (Å²) in [6.07, 6.45) is 0.940. The summed E-state index contributed by atoms with van der Waals surface area (Å²) in [5.41, 5.74) is 1.17. The molecule has 0 aliphatic heterocycles. The van der Waals surface area contributed by atoms with Gasteiger partial charge in [-0.05, 0) is 19.0 Å². The number of carbonyl (C=O) groups is 1. The number of hydrogen-bond acceptors (Lipinski definition) is 3. The van der Waals surface area contributed by atoms with Gasteiger partial charge in [-0.2, -0.15) is 0 Å². The monoisotopic (exact) mass is 292 g/mol. The van der Waals surface area contributed by atoms with Gasteiger partial charge in [-0.1, -0.05) is 44.2 Å². The van der Waals surface area contributed by atoms with Gasteiger partial charge in [-0.25, -0.2) is 0 Å². The van der Waals surface area contributed by atoms with E-state index in [1.54, 1.807) is 7.11 Å². The van der Waals surface area contributed by atoms with Crippen LogP contribution in [0, 0.1) is 0 Å². The highest BCUT2D eigenvalue weighted by Crippen LogP contribution is 2.21. The summed E-state index contributed by atoms with van der Waals surface area (Å²) in [6.45, 7) is 6.95. The molecule has 1 amide bonds. The molecule has 0 radical (unpaired) electrons. The van der Waals surface area contributed by atoms with Gasteiger partial charge in [0.05, 0.1) is 6.54 Å². The van der Waals surface area contributed by atoms with Crippen LogP contribution < -0.4 is 5.32 Å². The van der Waals surface area contributed by atoms with Gasteiger partial charge in [0.1, 0.15) is 0 Å². The van der Waals surface area contributed by atoms with Crippen molar-refractivity contribution in [3.8, 4) is 0 Å². The average Bonchev–Trinajstić information content (AvgIpc) is 2.46. The molecule has 1 N–H and O–H groups in total. The Morgan fingerprint density at radius 2 is 1.95 bits per heavy atom. The predicted molar refractivity (Wildman–Crippen MR) is 86.5 cm³/mol. The Bertz CT molecular complexity index is 418. The van der Waals surface area contributed by atoms with Crippen LogP contribution in [0.4, 0.5) is 0 Å². The van der Waals surface area contributed by atoms with E-state index < -0.39 is 0 Å². The molecule has 21 heavy (non-hydrogen) atoms. The Balaban J connectivity index is 2.35. The summed E-state index contributed by atoms with van der Waals surface area (Å²) in [6, 6.07) is 10.3. The first-order chi connectivity index (χ1) is 9.95. The number of nitrogens with zero attached hydrogens (tertiary/aromatic N) is 1. The van der Waals surface area contributed by atoms with E-state index in [1.165, 1.54) is 5.56 Å². The third-order valence-corrected chi connectivity index (χ3v) is 3.58. The van der Waals surface area contributed by atoms with Gasteiger partial charge in [0.25, 0.3) is 0 Å². The third-order valence-electron chi connectivity index (χ3n) is 3.58. The van der Waals surface area contributed by atoms with Gasteiger partial charge < -0.3 is 10.1 Å². The third kappa shape index (κ3) is 6.74. The molecule has 0 aromatic heterocycles. The Morgan fingerprint density at radius 1 is 1.29 bits per heavy atom. The zero-order valence-electron chi connectivity index (χ0n) is 13.7. The van der Waals surface area contributed by atoms with Crippen molar-refractivity contribution < 1.29 is 9.53 Å². The van der Waals surface area contributed by atoms with Crippen LogP contribution in [-0.2, 0) is 14.9 Å². The van der Waals surface area contributed by atoms with Crippen LogP contribution in [0.5, 0.6) is 0 Å². The summed E-state index contributed by atoms with van der Waals surface area (Å²) in [7, 11) is 3.65. The predicted octanol–water partition coefficient (Wildman–Crippen LogP) is 2.05. The molecule has 1 aromatic carbocycles. The van der Waals surface area contributed by atoms with Crippen molar-refractivity contribution in [2.45, 2.75) is 25.7 Å². The maximum atomic E-state index is 12.0. The van der Waals surface area contributed by atoms with E-state index in [-0.39, 0.29) is 11.3 Å². The Hall–Kier alpha value is -1.39. The number of nitrogens with one attached hydrogen (secondary N) is 1. The minimum Gasteiger partial charge on any atom is -0.385 e. The molecule has 0 unspecified atom stereocenters. The first-order valence-electron chi connectivity index (χ1n) is 7.45. The van der Waals surface area contributed by atoms with E-state index in [1.807, 2.05) is 30.1 Å². The molecule has 0 heterocycles. The van der Waals surface area contributed by atoms with E-state index in [0.717, 1.165) is 19.6 Å². The molecular weight excluding hydrogens is 264 g/mol. The minimum absolute atomic E-state index is 0.0639. The van der Waals surface area contributed by atoms with Crippen LogP contribution in [0.25, 0.3) is 0 Å². The second-order valence-corrected chi connectivity index (χ2v) is 6.11. The average molecular weight is 292 g/mol. The second-order valence-electron chi connectivity index (χ2n) is 6.11. The van der Waals surface area contributed by atoms with E-state index in [0.29, 0.717) is 13.1 Å². The molecule has 0 saturated carbocycles. The van der Waals surface area contributed by atoms with Crippen LogP contribution in [-0.4, -0.2) is 51.2 Å². The lowest BCUT2D eigenvalue weighted by molar-refractivity contribution is -0.122. The molecule has 0 atom stereocenters. The second kappa shape index (κ2) is 8.80. The van der Waals surface area contributed by atoms with Crippen LogP contribution in [0.3, 0.4) is 0 Å². The topological polar surface area (TPSA) is 41.6 Å². The lowest BCUT2D eigenvalue weighted by atomic mass is 9.84. The fraction of sp³-hybridized carbons (Fsp3) is 0.588. The molecule has 1 aromatic rings. The normalized spacial score (nSPS) is 11.7. The molecule has 0 saturated heterocycles. The molecule has 0 bridgehead atoms. The van der Waals surface area contributed by atoms with Crippen LogP contribution >= 0.6 is 0 Å². The van der Waals surface area contributed by atoms with Gasteiger partial charge >= 0.3 is 0 Å². The van der Waals surface area contributed by atoms with E-state index in [4.69, 9.17) is 4.74 Å². The summed E-state index contributed by atoms with van der Waals surface area (Å²) in [5.74, 6) is 0.0684. The molecule has 0 spiro atoms. The lowest BCUT2D eigenvalue weighted by Gasteiger charge is -2.26. The number of benzene rings is 1. The molecule has 1 rings (SSSR count). The van der Waals surface area contributed by atoms with Crippen molar-refractivity contribution in [3.05, 3.63) is 35.9 Å². The standard InChI is InChI=1S/C17H28N2O2/c1-17(2,15-9-6-5-7-10-15)14-18-16(20)13-19(3)11-8-12-21-4/h5-7,9-10H,8,11-14H2,1-4H3,(H,18,20). The quantitative estimate of drug-likeness (QED) is 0.708. The summed E-state index contributed by atoms with van der Waals surface area (Å²) >= 11 is 0. The smallest absolute Gasteiger partial charge is 0.234 e. The molecule has 0 aliphatic rings. The number of likely N-dealkylation sites (N-methyl/N-ethyl adjacent to an activating group) is 1. The van der Waals surface area contributed by atoms with Crippen LogP contribution in [0.2, 0.25) is 0 Å². The van der Waals surface area contributed by atoms with Crippen molar-refractivity contribution in [2.75, 3.05) is 40.4 Å². The number of methoxy groups -OCH3 is 1. The highest BCUT2D eigenvalue weighted by molar-refractivity contribution is 5.78. The molecule has 0 fully saturated rings. The fourth-order valence-electron chi connectivity index (χ4n) is 2.17. The molecule has 0 aliphatic carbocycles. The van der Waals surface area contributed by atoms with Crippen molar-refractivity contribution in [1.29, 1.82) is 0 Å². The van der Waals surface area contributed by atoms with Gasteiger partial charge in [0.15, 0.2) is 0 Å².